The van der Waals surface area contributed by atoms with Crippen molar-refractivity contribution >= 4 is 6.08 Å². The molecule has 1 aliphatic rings. The Hall–Kier alpha value is -1.12. The van der Waals surface area contributed by atoms with Crippen molar-refractivity contribution in [3.05, 3.63) is 42.0 Å². The summed E-state index contributed by atoms with van der Waals surface area (Å²) in [5.41, 5.74) is 0.793. The highest BCUT2D eigenvalue weighted by molar-refractivity contribution is 5.50. The van der Waals surface area contributed by atoms with Gasteiger partial charge in [-0.2, -0.15) is 5.06 Å². The van der Waals surface area contributed by atoms with E-state index < -0.39 is 0 Å². The Bertz CT molecular complexity index is 410. The van der Waals surface area contributed by atoms with Crippen LogP contribution in [0.3, 0.4) is 0 Å². The van der Waals surface area contributed by atoms with E-state index in [1.165, 1.54) is 10.6 Å². The molecule has 0 spiro atoms. The van der Waals surface area contributed by atoms with Gasteiger partial charge in [0.25, 0.3) is 0 Å². The zero-order valence-corrected chi connectivity index (χ0v) is 10.9. The summed E-state index contributed by atoms with van der Waals surface area (Å²) in [6.45, 7) is 6.24. The zero-order chi connectivity index (χ0) is 12.5. The molecule has 2 rings (SSSR count). The molecule has 0 saturated carbocycles. The van der Waals surface area contributed by atoms with Gasteiger partial charge in [-0.15, -0.1) is 0 Å². The van der Waals surface area contributed by atoms with Crippen LogP contribution in [0, 0.1) is 0 Å². The van der Waals surface area contributed by atoms with Crippen LogP contribution >= 0.6 is 0 Å². The van der Waals surface area contributed by atoms with Crippen molar-refractivity contribution in [1.82, 2.24) is 5.06 Å². The van der Waals surface area contributed by atoms with E-state index in [9.17, 15) is 5.21 Å². The smallest absolute Gasteiger partial charge is 0.0621 e. The molecule has 2 heteroatoms. The third kappa shape index (κ3) is 2.43. The van der Waals surface area contributed by atoms with Crippen LogP contribution in [0.5, 0.6) is 0 Å². The molecule has 1 saturated heterocycles. The molecule has 0 radical (unpaired) electrons. The van der Waals surface area contributed by atoms with Gasteiger partial charge in [0, 0.05) is 5.54 Å². The molecular weight excluding hydrogens is 210 g/mol. The Morgan fingerprint density at radius 2 is 1.76 bits per heavy atom. The van der Waals surface area contributed by atoms with Crippen molar-refractivity contribution in [1.29, 1.82) is 0 Å². The summed E-state index contributed by atoms with van der Waals surface area (Å²) in [6.07, 6.45) is 6.20. The van der Waals surface area contributed by atoms with Gasteiger partial charge in [0.05, 0.1) is 5.54 Å². The molecule has 1 aromatic carbocycles. The molecule has 0 aliphatic carbocycles. The van der Waals surface area contributed by atoms with Crippen LogP contribution in [0.4, 0.5) is 0 Å². The quantitative estimate of drug-likeness (QED) is 0.838. The number of nitrogens with zero attached hydrogens (tertiary/aromatic N) is 1. The monoisotopic (exact) mass is 231 g/mol. The first-order chi connectivity index (χ1) is 7.94. The highest BCUT2D eigenvalue weighted by atomic mass is 16.5. The van der Waals surface area contributed by atoms with E-state index in [0.717, 1.165) is 12.8 Å². The van der Waals surface area contributed by atoms with Crippen LogP contribution in [-0.2, 0) is 0 Å². The van der Waals surface area contributed by atoms with E-state index in [4.69, 9.17) is 0 Å². The molecule has 0 amide bonds. The molecule has 2 nitrogen and oxygen atoms in total. The summed E-state index contributed by atoms with van der Waals surface area (Å²) < 4.78 is 0. The van der Waals surface area contributed by atoms with E-state index >= 15 is 0 Å². The van der Waals surface area contributed by atoms with Crippen LogP contribution in [0.2, 0.25) is 0 Å². The van der Waals surface area contributed by atoms with E-state index in [0.29, 0.717) is 0 Å². The lowest BCUT2D eigenvalue weighted by molar-refractivity contribution is -0.182. The van der Waals surface area contributed by atoms with Crippen molar-refractivity contribution in [2.75, 3.05) is 0 Å². The first-order valence-corrected chi connectivity index (χ1v) is 6.18. The van der Waals surface area contributed by atoms with Gasteiger partial charge in [0.2, 0.25) is 0 Å². The van der Waals surface area contributed by atoms with Gasteiger partial charge in [0.15, 0.2) is 0 Å². The van der Waals surface area contributed by atoms with Crippen molar-refractivity contribution in [3.8, 4) is 0 Å². The van der Waals surface area contributed by atoms with Crippen LogP contribution in [-0.4, -0.2) is 21.3 Å². The Labute approximate surface area is 104 Å². The van der Waals surface area contributed by atoms with Crippen LogP contribution in [0.1, 0.15) is 39.2 Å². The molecule has 1 aromatic rings. The molecule has 1 heterocycles. The molecule has 17 heavy (non-hydrogen) atoms. The molecule has 1 atom stereocenters. The Morgan fingerprint density at radius 3 is 2.29 bits per heavy atom. The van der Waals surface area contributed by atoms with Crippen molar-refractivity contribution in [2.45, 2.75) is 44.7 Å². The molecule has 92 valence electrons. The molecule has 1 N–H and O–H groups in total. The normalized spacial score (nSPS) is 28.9. The van der Waals surface area contributed by atoms with Gasteiger partial charge in [-0.3, -0.25) is 0 Å². The topological polar surface area (TPSA) is 23.5 Å². The summed E-state index contributed by atoms with van der Waals surface area (Å²) in [5.74, 6) is 0. The van der Waals surface area contributed by atoms with Crippen molar-refractivity contribution < 1.29 is 5.21 Å². The van der Waals surface area contributed by atoms with E-state index in [2.05, 4.69) is 45.1 Å². The minimum absolute atomic E-state index is 0.129. The van der Waals surface area contributed by atoms with E-state index in [1.807, 2.05) is 18.2 Å². The highest BCUT2D eigenvalue weighted by Gasteiger charge is 2.45. The van der Waals surface area contributed by atoms with Crippen molar-refractivity contribution in [3.63, 3.8) is 0 Å². The first-order valence-electron chi connectivity index (χ1n) is 6.18. The highest BCUT2D eigenvalue weighted by Crippen LogP contribution is 2.40. The maximum Gasteiger partial charge on any atom is 0.0621 e. The minimum Gasteiger partial charge on any atom is -0.313 e. The van der Waals surface area contributed by atoms with Gasteiger partial charge < -0.3 is 5.21 Å². The van der Waals surface area contributed by atoms with Crippen LogP contribution in [0.25, 0.3) is 6.08 Å². The molecule has 1 fully saturated rings. The second kappa shape index (κ2) is 4.28. The van der Waals surface area contributed by atoms with E-state index in [1.54, 1.807) is 0 Å². The van der Waals surface area contributed by atoms with Gasteiger partial charge in [-0.25, -0.2) is 0 Å². The van der Waals surface area contributed by atoms with Gasteiger partial charge in [-0.05, 0) is 39.2 Å². The predicted molar refractivity (Wildman–Crippen MR) is 70.8 cm³/mol. The third-order valence-corrected chi connectivity index (χ3v) is 3.73. The minimum atomic E-state index is -0.251. The standard InChI is InChI=1S/C15H21NO/c1-14(2)11-12-15(3,16(14)17)10-9-13-7-5-4-6-8-13/h4-10,17H,11-12H2,1-3H3. The average molecular weight is 231 g/mol. The lowest BCUT2D eigenvalue weighted by Crippen LogP contribution is -2.46. The molecule has 0 aromatic heterocycles. The summed E-state index contributed by atoms with van der Waals surface area (Å²) in [7, 11) is 0. The number of hydroxylamine groups is 2. The lowest BCUT2D eigenvalue weighted by Gasteiger charge is -2.34. The lowest BCUT2D eigenvalue weighted by atomic mass is 9.97. The Morgan fingerprint density at radius 1 is 1.12 bits per heavy atom. The van der Waals surface area contributed by atoms with Gasteiger partial charge in [-0.1, -0.05) is 42.5 Å². The number of benzene rings is 1. The number of rotatable bonds is 2. The fourth-order valence-corrected chi connectivity index (χ4v) is 2.46. The van der Waals surface area contributed by atoms with Crippen LogP contribution in [0.15, 0.2) is 36.4 Å². The fraction of sp³-hybridized carbons (Fsp3) is 0.467. The average Bonchev–Trinajstić information content (AvgIpc) is 2.53. The van der Waals surface area contributed by atoms with Crippen LogP contribution < -0.4 is 0 Å². The largest absolute Gasteiger partial charge is 0.313 e. The summed E-state index contributed by atoms with van der Waals surface area (Å²) in [4.78, 5) is 0. The number of hydrogen-bond donors (Lipinski definition) is 1. The maximum atomic E-state index is 10.2. The second-order valence-corrected chi connectivity index (χ2v) is 5.73. The molecule has 1 unspecified atom stereocenters. The molecular formula is C15H21NO. The van der Waals surface area contributed by atoms with Crippen molar-refractivity contribution in [2.24, 2.45) is 0 Å². The summed E-state index contributed by atoms with van der Waals surface area (Å²) in [5, 5.41) is 11.7. The fourth-order valence-electron chi connectivity index (χ4n) is 2.46. The molecule has 1 aliphatic heterocycles. The maximum absolute atomic E-state index is 10.2. The number of hydrogen-bond acceptors (Lipinski definition) is 2. The Kier molecular flexibility index (Phi) is 3.11. The Balaban J connectivity index is 2.17. The third-order valence-electron chi connectivity index (χ3n) is 3.73. The second-order valence-electron chi connectivity index (χ2n) is 5.73. The SMILES string of the molecule is CC1(C)CCC(C)(C=Cc2ccccc2)N1O. The summed E-state index contributed by atoms with van der Waals surface area (Å²) in [6, 6.07) is 10.2. The van der Waals surface area contributed by atoms with Gasteiger partial charge >= 0.3 is 0 Å². The zero-order valence-electron chi connectivity index (χ0n) is 10.9. The summed E-state index contributed by atoms with van der Waals surface area (Å²) >= 11 is 0. The predicted octanol–water partition coefficient (Wildman–Crippen LogP) is 3.72. The van der Waals surface area contributed by atoms with E-state index in [-0.39, 0.29) is 11.1 Å². The van der Waals surface area contributed by atoms with Gasteiger partial charge in [0.1, 0.15) is 0 Å². The molecule has 0 bridgehead atoms. The first kappa shape index (κ1) is 12.3.